The molecular formula is C22H24N2O3S2. The molecule has 0 fully saturated rings. The summed E-state index contributed by atoms with van der Waals surface area (Å²) < 4.78 is 28.3. The maximum absolute atomic E-state index is 12.8. The van der Waals surface area contributed by atoms with Crippen molar-refractivity contribution in [3.8, 4) is 0 Å². The highest BCUT2D eigenvalue weighted by molar-refractivity contribution is 7.92. The first-order valence-electron chi connectivity index (χ1n) is 9.23. The quantitative estimate of drug-likeness (QED) is 0.588. The van der Waals surface area contributed by atoms with E-state index in [-0.39, 0.29) is 12.3 Å². The van der Waals surface area contributed by atoms with Gasteiger partial charge in [-0.2, -0.15) is 0 Å². The summed E-state index contributed by atoms with van der Waals surface area (Å²) >= 11 is 1.60. The topological polar surface area (TPSA) is 75.3 Å². The molecule has 5 nitrogen and oxygen atoms in total. The van der Waals surface area contributed by atoms with E-state index < -0.39 is 10.0 Å². The van der Waals surface area contributed by atoms with Crippen LogP contribution in [0.5, 0.6) is 0 Å². The van der Waals surface area contributed by atoms with Crippen LogP contribution < -0.4 is 10.0 Å². The zero-order valence-electron chi connectivity index (χ0n) is 16.7. The van der Waals surface area contributed by atoms with Crippen LogP contribution in [0.1, 0.15) is 27.1 Å². The Morgan fingerprint density at radius 3 is 2.24 bits per heavy atom. The van der Waals surface area contributed by atoms with E-state index in [4.69, 9.17) is 0 Å². The Hall–Kier alpha value is -2.64. The number of aryl methyl sites for hydroxylation is 3. The van der Waals surface area contributed by atoms with Crippen molar-refractivity contribution >= 4 is 33.0 Å². The summed E-state index contributed by atoms with van der Waals surface area (Å²) in [5.74, 6) is -0.0716. The Labute approximate surface area is 175 Å². The molecular weight excluding hydrogens is 404 g/mol. The number of rotatable bonds is 7. The van der Waals surface area contributed by atoms with Crippen molar-refractivity contribution < 1.29 is 13.2 Å². The molecule has 0 aliphatic carbocycles. The third kappa shape index (κ3) is 5.46. The maximum Gasteiger partial charge on any atom is 0.262 e. The summed E-state index contributed by atoms with van der Waals surface area (Å²) in [6.45, 7) is 6.06. The highest BCUT2D eigenvalue weighted by Gasteiger charge is 2.20. The monoisotopic (exact) mass is 428 g/mol. The molecule has 2 N–H and O–H groups in total. The third-order valence-electron chi connectivity index (χ3n) is 4.48. The van der Waals surface area contributed by atoms with Gasteiger partial charge in [-0.05, 0) is 61.0 Å². The van der Waals surface area contributed by atoms with Crippen LogP contribution in [0.4, 0.5) is 5.69 Å². The largest absolute Gasteiger partial charge is 0.351 e. The number of benzene rings is 2. The number of carbonyl (C=O) groups excluding carboxylic acids is 1. The SMILES string of the molecule is Cc1cc(C)c(S(=O)(=O)Nc2ccc(CC(=O)NCc3cccs3)cc2)c(C)c1. The van der Waals surface area contributed by atoms with Crippen LogP contribution in [0.3, 0.4) is 0 Å². The molecule has 0 saturated carbocycles. The van der Waals surface area contributed by atoms with Gasteiger partial charge < -0.3 is 5.32 Å². The molecule has 2 aromatic carbocycles. The van der Waals surface area contributed by atoms with Crippen molar-refractivity contribution in [1.82, 2.24) is 5.32 Å². The van der Waals surface area contributed by atoms with Crippen LogP contribution in [0.25, 0.3) is 0 Å². The van der Waals surface area contributed by atoms with Gasteiger partial charge in [0.15, 0.2) is 0 Å². The molecule has 0 radical (unpaired) electrons. The number of sulfonamides is 1. The molecule has 0 aliphatic rings. The second-order valence-electron chi connectivity index (χ2n) is 7.06. The fourth-order valence-electron chi connectivity index (χ4n) is 3.33. The Morgan fingerprint density at radius 1 is 1.00 bits per heavy atom. The lowest BCUT2D eigenvalue weighted by Gasteiger charge is -2.14. The smallest absolute Gasteiger partial charge is 0.262 e. The molecule has 0 spiro atoms. The van der Waals surface area contributed by atoms with E-state index in [9.17, 15) is 13.2 Å². The van der Waals surface area contributed by atoms with Crippen LogP contribution >= 0.6 is 11.3 Å². The van der Waals surface area contributed by atoms with Gasteiger partial charge in [-0.1, -0.05) is 35.9 Å². The fraction of sp³-hybridized carbons (Fsp3) is 0.227. The summed E-state index contributed by atoms with van der Waals surface area (Å²) in [5.41, 5.74) is 3.75. The van der Waals surface area contributed by atoms with E-state index in [1.54, 1.807) is 49.4 Å². The Morgan fingerprint density at radius 2 is 1.66 bits per heavy atom. The van der Waals surface area contributed by atoms with Crippen LogP contribution in [0.2, 0.25) is 0 Å². The Balaban J connectivity index is 1.65. The molecule has 3 aromatic rings. The van der Waals surface area contributed by atoms with Gasteiger partial charge in [0.05, 0.1) is 17.9 Å². The molecule has 152 valence electrons. The van der Waals surface area contributed by atoms with Gasteiger partial charge in [0, 0.05) is 10.6 Å². The molecule has 29 heavy (non-hydrogen) atoms. The molecule has 0 saturated heterocycles. The molecule has 0 bridgehead atoms. The number of amides is 1. The normalized spacial score (nSPS) is 11.3. The number of nitrogens with one attached hydrogen (secondary N) is 2. The lowest BCUT2D eigenvalue weighted by molar-refractivity contribution is -0.120. The minimum absolute atomic E-state index is 0.0716. The predicted molar refractivity (Wildman–Crippen MR) is 118 cm³/mol. The van der Waals surface area contributed by atoms with Crippen molar-refractivity contribution in [2.75, 3.05) is 4.72 Å². The van der Waals surface area contributed by atoms with Crippen LogP contribution in [-0.2, 0) is 27.8 Å². The Bertz CT molecular complexity index is 1080. The van der Waals surface area contributed by atoms with E-state index in [1.807, 2.05) is 36.6 Å². The minimum Gasteiger partial charge on any atom is -0.351 e. The molecule has 7 heteroatoms. The molecule has 1 aromatic heterocycles. The van der Waals surface area contributed by atoms with Gasteiger partial charge in [-0.3, -0.25) is 9.52 Å². The second-order valence-corrected chi connectivity index (χ2v) is 9.71. The minimum atomic E-state index is -3.69. The fourth-order valence-corrected chi connectivity index (χ4v) is 5.49. The van der Waals surface area contributed by atoms with E-state index in [0.717, 1.165) is 16.0 Å². The van der Waals surface area contributed by atoms with Gasteiger partial charge in [-0.15, -0.1) is 11.3 Å². The zero-order valence-corrected chi connectivity index (χ0v) is 18.3. The van der Waals surface area contributed by atoms with Crippen molar-refractivity contribution in [3.63, 3.8) is 0 Å². The zero-order chi connectivity index (χ0) is 21.0. The first-order chi connectivity index (χ1) is 13.7. The van der Waals surface area contributed by atoms with Crippen molar-refractivity contribution in [1.29, 1.82) is 0 Å². The van der Waals surface area contributed by atoms with E-state index in [1.165, 1.54) is 0 Å². The van der Waals surface area contributed by atoms with Gasteiger partial charge in [-0.25, -0.2) is 8.42 Å². The first-order valence-corrected chi connectivity index (χ1v) is 11.6. The standard InChI is InChI=1S/C22H24N2O3S2/c1-15-11-16(2)22(17(3)12-15)29(26,27)24-19-8-6-18(7-9-19)13-21(25)23-14-20-5-4-10-28-20/h4-12,24H,13-14H2,1-3H3,(H,23,25). The maximum atomic E-state index is 12.8. The van der Waals surface area contributed by atoms with Crippen LogP contribution in [-0.4, -0.2) is 14.3 Å². The van der Waals surface area contributed by atoms with Gasteiger partial charge >= 0.3 is 0 Å². The average molecular weight is 429 g/mol. The molecule has 3 rings (SSSR count). The molecule has 1 heterocycles. The Kier molecular flexibility index (Phi) is 6.39. The lowest BCUT2D eigenvalue weighted by atomic mass is 10.1. The summed E-state index contributed by atoms with van der Waals surface area (Å²) in [7, 11) is -3.69. The van der Waals surface area contributed by atoms with Crippen LogP contribution in [0, 0.1) is 20.8 Å². The van der Waals surface area contributed by atoms with Gasteiger partial charge in [0.25, 0.3) is 10.0 Å². The number of carbonyl (C=O) groups is 1. The summed E-state index contributed by atoms with van der Waals surface area (Å²) in [4.78, 5) is 13.5. The van der Waals surface area contributed by atoms with Crippen molar-refractivity contribution in [2.24, 2.45) is 0 Å². The first kappa shape index (κ1) is 21.1. The number of hydrogen-bond donors (Lipinski definition) is 2. The molecule has 0 unspecified atom stereocenters. The number of thiophene rings is 1. The molecule has 1 amide bonds. The lowest BCUT2D eigenvalue weighted by Crippen LogP contribution is -2.24. The van der Waals surface area contributed by atoms with Crippen molar-refractivity contribution in [3.05, 3.63) is 81.0 Å². The highest BCUT2D eigenvalue weighted by Crippen LogP contribution is 2.24. The number of hydrogen-bond acceptors (Lipinski definition) is 4. The van der Waals surface area contributed by atoms with Crippen molar-refractivity contribution in [2.45, 2.75) is 38.6 Å². The average Bonchev–Trinajstić information content (AvgIpc) is 3.14. The molecule has 0 aliphatic heterocycles. The second kappa shape index (κ2) is 8.80. The summed E-state index contributed by atoms with van der Waals surface area (Å²) in [6.07, 6.45) is 0.245. The van der Waals surface area contributed by atoms with Gasteiger partial charge in [0.2, 0.25) is 5.91 Å². The van der Waals surface area contributed by atoms with E-state index in [2.05, 4.69) is 10.0 Å². The highest BCUT2D eigenvalue weighted by atomic mass is 32.2. The van der Waals surface area contributed by atoms with E-state index in [0.29, 0.717) is 28.3 Å². The summed E-state index contributed by atoms with van der Waals surface area (Å²) in [6, 6.07) is 14.5. The predicted octanol–water partition coefficient (Wildman–Crippen LogP) is 4.33. The molecule has 0 atom stereocenters. The van der Waals surface area contributed by atoms with Crippen LogP contribution in [0.15, 0.2) is 58.8 Å². The number of anilines is 1. The van der Waals surface area contributed by atoms with E-state index >= 15 is 0 Å². The summed E-state index contributed by atoms with van der Waals surface area (Å²) in [5, 5.41) is 4.86. The third-order valence-corrected chi connectivity index (χ3v) is 7.05. The van der Waals surface area contributed by atoms with Gasteiger partial charge in [0.1, 0.15) is 0 Å².